The number of hydrogen-bond acceptors (Lipinski definition) is 4. The monoisotopic (exact) mass is 374 g/mol. The fraction of sp³-hybridized carbons (Fsp3) is 0.385. The van der Waals surface area contributed by atoms with Crippen molar-refractivity contribution in [1.82, 2.24) is 9.80 Å². The summed E-state index contributed by atoms with van der Waals surface area (Å²) < 4.78 is 0.709. The van der Waals surface area contributed by atoms with Gasteiger partial charge in [-0.25, -0.2) is 0 Å². The van der Waals surface area contributed by atoms with Crippen molar-refractivity contribution in [2.24, 2.45) is 10.9 Å². The first-order chi connectivity index (χ1) is 10.0. The molecule has 0 aromatic heterocycles. The van der Waals surface area contributed by atoms with E-state index in [1.807, 2.05) is 4.90 Å². The third kappa shape index (κ3) is 3.87. The first-order valence-corrected chi connectivity index (χ1v) is 7.62. The Morgan fingerprint density at radius 1 is 1.38 bits per heavy atom. The van der Waals surface area contributed by atoms with Crippen molar-refractivity contribution in [3.8, 4) is 0 Å². The second-order valence-electron chi connectivity index (χ2n) is 4.76. The second kappa shape index (κ2) is 7.11. The van der Waals surface area contributed by atoms with Gasteiger partial charge in [0.2, 0.25) is 0 Å². The standard InChI is InChI=1S/C13H16BrClN4O2/c14-10-3-1-2-9(12(10)15)13(20)19-6-4-18(5-7-19)8-11(16)17-21/h1-3,21H,4-8H2,(H2,16,17). The molecule has 1 fully saturated rings. The van der Waals surface area contributed by atoms with E-state index in [0.29, 0.717) is 47.8 Å². The van der Waals surface area contributed by atoms with Crippen molar-refractivity contribution in [1.29, 1.82) is 0 Å². The topological polar surface area (TPSA) is 82.2 Å². The number of rotatable bonds is 3. The van der Waals surface area contributed by atoms with Gasteiger partial charge in [-0.3, -0.25) is 9.69 Å². The van der Waals surface area contributed by atoms with Crippen LogP contribution in [0.1, 0.15) is 10.4 Å². The highest BCUT2D eigenvalue weighted by molar-refractivity contribution is 9.10. The van der Waals surface area contributed by atoms with Crippen molar-refractivity contribution in [3.63, 3.8) is 0 Å². The number of nitrogens with two attached hydrogens (primary N) is 1. The Labute approximate surface area is 136 Å². The zero-order valence-corrected chi connectivity index (χ0v) is 13.6. The van der Waals surface area contributed by atoms with Gasteiger partial charge in [-0.1, -0.05) is 22.8 Å². The van der Waals surface area contributed by atoms with Gasteiger partial charge in [-0.05, 0) is 28.1 Å². The molecule has 0 spiro atoms. The highest BCUT2D eigenvalue weighted by Gasteiger charge is 2.24. The van der Waals surface area contributed by atoms with Crippen LogP contribution in [0, 0.1) is 0 Å². The van der Waals surface area contributed by atoms with Crippen molar-refractivity contribution < 1.29 is 10.0 Å². The lowest BCUT2D eigenvalue weighted by atomic mass is 10.2. The number of hydrogen-bond donors (Lipinski definition) is 2. The summed E-state index contributed by atoms with van der Waals surface area (Å²) in [6.07, 6.45) is 0. The van der Waals surface area contributed by atoms with Crippen LogP contribution >= 0.6 is 27.5 Å². The highest BCUT2D eigenvalue weighted by Crippen LogP contribution is 2.27. The van der Waals surface area contributed by atoms with Gasteiger partial charge in [0, 0.05) is 30.7 Å². The molecule has 0 aliphatic carbocycles. The van der Waals surface area contributed by atoms with Crippen LogP contribution in [0.25, 0.3) is 0 Å². The van der Waals surface area contributed by atoms with Crippen LogP contribution in [0.5, 0.6) is 0 Å². The van der Waals surface area contributed by atoms with Gasteiger partial charge in [0.1, 0.15) is 0 Å². The fourth-order valence-electron chi connectivity index (χ4n) is 2.21. The van der Waals surface area contributed by atoms with Crippen LogP contribution in [0.15, 0.2) is 27.8 Å². The molecule has 8 heteroatoms. The Morgan fingerprint density at radius 2 is 2.05 bits per heavy atom. The molecule has 0 radical (unpaired) electrons. The van der Waals surface area contributed by atoms with Crippen LogP contribution in [-0.4, -0.2) is 59.5 Å². The molecule has 1 aromatic rings. The maximum atomic E-state index is 12.5. The molecular weight excluding hydrogens is 360 g/mol. The van der Waals surface area contributed by atoms with E-state index in [0.717, 1.165) is 0 Å². The predicted molar refractivity (Wildman–Crippen MR) is 84.9 cm³/mol. The zero-order chi connectivity index (χ0) is 15.4. The lowest BCUT2D eigenvalue weighted by Crippen LogP contribution is -2.50. The fourth-order valence-corrected chi connectivity index (χ4v) is 2.78. The first kappa shape index (κ1) is 16.1. The molecule has 0 saturated carbocycles. The quantitative estimate of drug-likeness (QED) is 0.364. The molecular formula is C13H16BrClN4O2. The number of carbonyl (C=O) groups excluding carboxylic acids is 1. The summed E-state index contributed by atoms with van der Waals surface area (Å²) in [5.41, 5.74) is 5.98. The Bertz CT molecular complexity index is 559. The van der Waals surface area contributed by atoms with E-state index < -0.39 is 0 Å². The summed E-state index contributed by atoms with van der Waals surface area (Å²) in [5, 5.41) is 12.0. The molecule has 1 aliphatic rings. The number of nitrogens with zero attached hydrogens (tertiary/aromatic N) is 3. The summed E-state index contributed by atoms with van der Waals surface area (Å²) in [4.78, 5) is 16.3. The number of carbonyl (C=O) groups is 1. The van der Waals surface area contributed by atoms with Crippen molar-refractivity contribution in [2.75, 3.05) is 32.7 Å². The average molecular weight is 376 g/mol. The van der Waals surface area contributed by atoms with E-state index >= 15 is 0 Å². The van der Waals surface area contributed by atoms with E-state index in [1.54, 1.807) is 23.1 Å². The van der Waals surface area contributed by atoms with E-state index in [1.165, 1.54) is 0 Å². The van der Waals surface area contributed by atoms with Crippen molar-refractivity contribution in [3.05, 3.63) is 33.3 Å². The molecule has 0 unspecified atom stereocenters. The third-order valence-electron chi connectivity index (χ3n) is 3.36. The van der Waals surface area contributed by atoms with Gasteiger partial charge in [-0.15, -0.1) is 0 Å². The molecule has 1 amide bonds. The van der Waals surface area contributed by atoms with Crippen LogP contribution < -0.4 is 5.73 Å². The largest absolute Gasteiger partial charge is 0.409 e. The zero-order valence-electron chi connectivity index (χ0n) is 11.3. The van der Waals surface area contributed by atoms with E-state index in [2.05, 4.69) is 21.1 Å². The second-order valence-corrected chi connectivity index (χ2v) is 5.99. The normalized spacial score (nSPS) is 17.0. The van der Waals surface area contributed by atoms with Crippen molar-refractivity contribution in [2.45, 2.75) is 0 Å². The molecule has 6 nitrogen and oxygen atoms in total. The lowest BCUT2D eigenvalue weighted by Gasteiger charge is -2.34. The molecule has 114 valence electrons. The maximum absolute atomic E-state index is 12.5. The van der Waals surface area contributed by atoms with E-state index in [9.17, 15) is 4.79 Å². The van der Waals surface area contributed by atoms with E-state index in [-0.39, 0.29) is 11.7 Å². The highest BCUT2D eigenvalue weighted by atomic mass is 79.9. The number of amides is 1. The molecule has 2 rings (SSSR count). The third-order valence-corrected chi connectivity index (χ3v) is 4.65. The Balaban J connectivity index is 1.99. The molecule has 3 N–H and O–H groups in total. The summed E-state index contributed by atoms with van der Waals surface area (Å²) in [6.45, 7) is 2.91. The van der Waals surface area contributed by atoms with Gasteiger partial charge < -0.3 is 15.8 Å². The number of benzene rings is 1. The lowest BCUT2D eigenvalue weighted by molar-refractivity contribution is 0.0653. The molecule has 21 heavy (non-hydrogen) atoms. The summed E-state index contributed by atoms with van der Waals surface area (Å²) >= 11 is 9.48. The number of halogens is 2. The maximum Gasteiger partial charge on any atom is 0.255 e. The van der Waals surface area contributed by atoms with Crippen LogP contribution in [0.3, 0.4) is 0 Å². The Kier molecular flexibility index (Phi) is 5.44. The molecule has 1 aliphatic heterocycles. The summed E-state index contributed by atoms with van der Waals surface area (Å²) in [5.74, 6) is 0.0922. The van der Waals surface area contributed by atoms with Gasteiger partial charge >= 0.3 is 0 Å². The van der Waals surface area contributed by atoms with Crippen LogP contribution in [0.2, 0.25) is 5.02 Å². The SMILES string of the molecule is N/C(CN1CCN(C(=O)c2cccc(Br)c2Cl)CC1)=N/O. The van der Waals surface area contributed by atoms with Crippen LogP contribution in [-0.2, 0) is 0 Å². The molecule has 0 atom stereocenters. The molecule has 1 aromatic carbocycles. The summed E-state index contributed by atoms with van der Waals surface area (Å²) in [7, 11) is 0. The predicted octanol–water partition coefficient (Wildman–Crippen LogP) is 1.61. The minimum absolute atomic E-state index is 0.0789. The Morgan fingerprint density at radius 3 is 2.67 bits per heavy atom. The Hall–Kier alpha value is -1.31. The van der Waals surface area contributed by atoms with Gasteiger partial charge in [0.05, 0.1) is 17.1 Å². The smallest absolute Gasteiger partial charge is 0.255 e. The number of amidine groups is 1. The average Bonchev–Trinajstić information content (AvgIpc) is 2.50. The van der Waals surface area contributed by atoms with Crippen molar-refractivity contribution >= 4 is 39.3 Å². The summed E-state index contributed by atoms with van der Waals surface area (Å²) in [6, 6.07) is 5.31. The van der Waals surface area contributed by atoms with Gasteiger partial charge in [-0.2, -0.15) is 0 Å². The minimum atomic E-state index is -0.0789. The molecule has 0 bridgehead atoms. The van der Waals surface area contributed by atoms with Crippen LogP contribution in [0.4, 0.5) is 0 Å². The minimum Gasteiger partial charge on any atom is -0.409 e. The molecule has 1 heterocycles. The van der Waals surface area contributed by atoms with Gasteiger partial charge in [0.25, 0.3) is 5.91 Å². The number of oxime groups is 1. The number of piperazine rings is 1. The van der Waals surface area contributed by atoms with E-state index in [4.69, 9.17) is 22.5 Å². The van der Waals surface area contributed by atoms with Gasteiger partial charge in [0.15, 0.2) is 5.84 Å². The molecule has 1 saturated heterocycles. The first-order valence-electron chi connectivity index (χ1n) is 6.45.